The maximum atomic E-state index is 11.7. The van der Waals surface area contributed by atoms with Gasteiger partial charge in [-0.25, -0.2) is 0 Å². The van der Waals surface area contributed by atoms with Gasteiger partial charge in [-0.05, 0) is 53.8 Å². The number of hydrogen-bond donors (Lipinski definition) is 2. The minimum atomic E-state index is 0. The van der Waals surface area contributed by atoms with Crippen LogP contribution in [0.25, 0.3) is 0 Å². The molecule has 1 aliphatic heterocycles. The van der Waals surface area contributed by atoms with Gasteiger partial charge in [-0.2, -0.15) is 0 Å². The molecule has 2 N–H and O–H groups in total. The molecule has 0 saturated carbocycles. The third-order valence-corrected chi connectivity index (χ3v) is 3.81. The Hall–Kier alpha value is -0.0300. The summed E-state index contributed by atoms with van der Waals surface area (Å²) in [4.78, 5) is 13.8. The number of halogens is 2. The fraction of sp³-hybridized carbons (Fsp3) is 0.923. The summed E-state index contributed by atoms with van der Waals surface area (Å²) in [5.74, 6) is 0.175. The maximum absolute atomic E-state index is 11.7. The van der Waals surface area contributed by atoms with Gasteiger partial charge < -0.3 is 15.5 Å². The van der Waals surface area contributed by atoms with Crippen molar-refractivity contribution in [1.29, 1.82) is 0 Å². The van der Waals surface area contributed by atoms with Crippen molar-refractivity contribution in [3.05, 3.63) is 0 Å². The largest absolute Gasteiger partial charge is 0.354 e. The van der Waals surface area contributed by atoms with E-state index in [-0.39, 0.29) is 36.3 Å². The molecular weight excluding hydrogens is 285 g/mol. The van der Waals surface area contributed by atoms with E-state index in [2.05, 4.69) is 29.4 Å². The first-order valence-corrected chi connectivity index (χ1v) is 6.59. The van der Waals surface area contributed by atoms with Crippen molar-refractivity contribution in [3.63, 3.8) is 0 Å². The average molecular weight is 314 g/mol. The Morgan fingerprint density at radius 2 is 2.00 bits per heavy atom. The van der Waals surface area contributed by atoms with Crippen LogP contribution in [0.3, 0.4) is 0 Å². The number of nitrogens with one attached hydrogen (secondary N) is 2. The lowest BCUT2D eigenvalue weighted by Gasteiger charge is -2.32. The maximum Gasteiger partial charge on any atom is 0.220 e. The van der Waals surface area contributed by atoms with E-state index in [4.69, 9.17) is 0 Å². The lowest BCUT2D eigenvalue weighted by molar-refractivity contribution is -0.121. The molecule has 6 heteroatoms. The van der Waals surface area contributed by atoms with Gasteiger partial charge in [-0.1, -0.05) is 0 Å². The van der Waals surface area contributed by atoms with Crippen LogP contribution in [0.4, 0.5) is 0 Å². The quantitative estimate of drug-likeness (QED) is 0.786. The molecule has 1 unspecified atom stereocenters. The monoisotopic (exact) mass is 313 g/mol. The van der Waals surface area contributed by atoms with E-state index < -0.39 is 0 Å². The number of nitrogens with zero attached hydrogens (tertiary/aromatic N) is 1. The topological polar surface area (TPSA) is 44.4 Å². The highest BCUT2D eigenvalue weighted by atomic mass is 35.5. The van der Waals surface area contributed by atoms with Gasteiger partial charge in [0.2, 0.25) is 5.91 Å². The number of amides is 1. The summed E-state index contributed by atoms with van der Waals surface area (Å²) in [6.45, 7) is 6.08. The van der Waals surface area contributed by atoms with E-state index in [1.165, 1.54) is 12.8 Å². The number of likely N-dealkylation sites (N-methyl/N-ethyl adjacent to an activating group) is 1. The molecule has 0 aromatic rings. The zero-order valence-electron chi connectivity index (χ0n) is 12.5. The van der Waals surface area contributed by atoms with Gasteiger partial charge >= 0.3 is 0 Å². The molecular formula is C13H29Cl2N3O. The highest BCUT2D eigenvalue weighted by Crippen LogP contribution is 2.11. The SMILES string of the molecule is CN(C)C(C)(C)CNC(=O)CCC1CCCN1.Cl.Cl. The van der Waals surface area contributed by atoms with Crippen LogP contribution in [0, 0.1) is 0 Å². The summed E-state index contributed by atoms with van der Waals surface area (Å²) in [6, 6.07) is 0.558. The molecule has 0 aromatic carbocycles. The zero-order valence-corrected chi connectivity index (χ0v) is 14.1. The fourth-order valence-electron chi connectivity index (χ4n) is 1.87. The zero-order chi connectivity index (χ0) is 12.9. The molecule has 116 valence electrons. The van der Waals surface area contributed by atoms with Gasteiger partial charge in [0, 0.05) is 24.5 Å². The van der Waals surface area contributed by atoms with Gasteiger partial charge in [-0.3, -0.25) is 4.79 Å². The summed E-state index contributed by atoms with van der Waals surface area (Å²) >= 11 is 0. The van der Waals surface area contributed by atoms with E-state index in [0.717, 1.165) is 13.0 Å². The van der Waals surface area contributed by atoms with Crippen LogP contribution < -0.4 is 10.6 Å². The van der Waals surface area contributed by atoms with Crippen LogP contribution in [0.2, 0.25) is 0 Å². The summed E-state index contributed by atoms with van der Waals surface area (Å²) in [7, 11) is 4.07. The number of carbonyl (C=O) groups excluding carboxylic acids is 1. The van der Waals surface area contributed by atoms with Crippen molar-refractivity contribution in [1.82, 2.24) is 15.5 Å². The van der Waals surface area contributed by atoms with E-state index in [0.29, 0.717) is 19.0 Å². The Kier molecular flexibility index (Phi) is 11.0. The van der Waals surface area contributed by atoms with Crippen molar-refractivity contribution >= 4 is 30.7 Å². The van der Waals surface area contributed by atoms with Gasteiger partial charge in [0.15, 0.2) is 0 Å². The first-order chi connectivity index (χ1) is 7.92. The molecule has 0 spiro atoms. The molecule has 1 rings (SSSR count). The van der Waals surface area contributed by atoms with Crippen LogP contribution in [-0.4, -0.2) is 49.6 Å². The number of rotatable bonds is 6. The Morgan fingerprint density at radius 1 is 1.37 bits per heavy atom. The molecule has 1 aliphatic rings. The Balaban J connectivity index is 0. The van der Waals surface area contributed by atoms with E-state index >= 15 is 0 Å². The molecule has 1 heterocycles. The molecule has 0 radical (unpaired) electrons. The van der Waals surface area contributed by atoms with Crippen LogP contribution in [-0.2, 0) is 4.79 Å². The second kappa shape index (κ2) is 9.81. The first-order valence-electron chi connectivity index (χ1n) is 6.59. The van der Waals surface area contributed by atoms with Gasteiger partial charge in [-0.15, -0.1) is 24.8 Å². The number of hydrogen-bond acceptors (Lipinski definition) is 3. The first kappa shape index (κ1) is 21.3. The Morgan fingerprint density at radius 3 is 2.47 bits per heavy atom. The molecule has 0 bridgehead atoms. The molecule has 19 heavy (non-hydrogen) atoms. The molecule has 1 saturated heterocycles. The summed E-state index contributed by atoms with van der Waals surface area (Å²) in [5.41, 5.74) is 0.0151. The molecule has 0 aliphatic carbocycles. The third-order valence-electron chi connectivity index (χ3n) is 3.81. The van der Waals surface area contributed by atoms with Crippen molar-refractivity contribution in [2.75, 3.05) is 27.2 Å². The van der Waals surface area contributed by atoms with Crippen molar-refractivity contribution in [2.45, 2.75) is 51.1 Å². The minimum absolute atomic E-state index is 0. The van der Waals surface area contributed by atoms with E-state index in [1.54, 1.807) is 0 Å². The van der Waals surface area contributed by atoms with Gasteiger partial charge in [0.25, 0.3) is 0 Å². The average Bonchev–Trinajstić information content (AvgIpc) is 2.76. The number of carbonyl (C=O) groups is 1. The fourth-order valence-corrected chi connectivity index (χ4v) is 1.87. The lowest BCUT2D eigenvalue weighted by Crippen LogP contribution is -2.48. The molecule has 4 nitrogen and oxygen atoms in total. The molecule has 1 atom stereocenters. The Labute approximate surface area is 129 Å². The summed E-state index contributed by atoms with van der Waals surface area (Å²) in [5, 5.41) is 6.43. The minimum Gasteiger partial charge on any atom is -0.354 e. The van der Waals surface area contributed by atoms with Gasteiger partial charge in [0.1, 0.15) is 0 Å². The van der Waals surface area contributed by atoms with Crippen molar-refractivity contribution in [3.8, 4) is 0 Å². The molecule has 1 amide bonds. The van der Waals surface area contributed by atoms with Crippen molar-refractivity contribution < 1.29 is 4.79 Å². The smallest absolute Gasteiger partial charge is 0.220 e. The van der Waals surface area contributed by atoms with Gasteiger partial charge in [0.05, 0.1) is 0 Å². The van der Waals surface area contributed by atoms with E-state index in [9.17, 15) is 4.79 Å². The molecule has 1 fully saturated rings. The molecule has 0 aromatic heterocycles. The van der Waals surface area contributed by atoms with Crippen molar-refractivity contribution in [2.24, 2.45) is 0 Å². The van der Waals surface area contributed by atoms with Crippen LogP contribution >= 0.6 is 24.8 Å². The van der Waals surface area contributed by atoms with E-state index in [1.807, 2.05) is 14.1 Å². The third kappa shape index (κ3) is 7.98. The predicted octanol–water partition coefficient (Wildman–Crippen LogP) is 1.82. The summed E-state index contributed by atoms with van der Waals surface area (Å²) in [6.07, 6.45) is 4.08. The normalized spacial score (nSPS) is 18.7. The van der Waals surface area contributed by atoms with Crippen LogP contribution in [0.1, 0.15) is 39.5 Å². The van der Waals surface area contributed by atoms with Crippen LogP contribution in [0.5, 0.6) is 0 Å². The second-order valence-corrected chi connectivity index (χ2v) is 5.82. The predicted molar refractivity (Wildman–Crippen MR) is 85.5 cm³/mol. The Bertz CT molecular complexity index is 254. The summed E-state index contributed by atoms with van der Waals surface area (Å²) < 4.78 is 0. The standard InChI is InChI=1S/C13H27N3O.2ClH/c1-13(2,16(3)4)10-15-12(17)8-7-11-6-5-9-14-11;;/h11,14H,5-10H2,1-4H3,(H,15,17);2*1H. The lowest BCUT2D eigenvalue weighted by atomic mass is 10.0. The van der Waals surface area contributed by atoms with Crippen LogP contribution in [0.15, 0.2) is 0 Å². The second-order valence-electron chi connectivity index (χ2n) is 5.82. The highest BCUT2D eigenvalue weighted by molar-refractivity contribution is 5.85. The highest BCUT2D eigenvalue weighted by Gasteiger charge is 2.21.